The number of hydrogen-bond donors (Lipinski definition) is 1. The minimum atomic E-state index is 0.395. The fourth-order valence-corrected chi connectivity index (χ4v) is 2.85. The number of nitrogens with one attached hydrogen (secondary N) is 1. The zero-order valence-electron chi connectivity index (χ0n) is 13.4. The predicted octanol–water partition coefficient (Wildman–Crippen LogP) is 3.15. The van der Waals surface area contributed by atoms with Crippen LogP contribution in [0.2, 0.25) is 0 Å². The lowest BCUT2D eigenvalue weighted by Crippen LogP contribution is -2.41. The van der Waals surface area contributed by atoms with Crippen molar-refractivity contribution in [3.63, 3.8) is 0 Å². The van der Waals surface area contributed by atoms with Gasteiger partial charge in [0.05, 0.1) is 18.5 Å². The number of rotatable bonds is 6. The molecule has 1 fully saturated rings. The van der Waals surface area contributed by atoms with Crippen molar-refractivity contribution in [2.45, 2.75) is 51.7 Å². The van der Waals surface area contributed by atoms with Crippen LogP contribution in [0.1, 0.15) is 49.8 Å². The second-order valence-electron chi connectivity index (χ2n) is 6.39. The summed E-state index contributed by atoms with van der Waals surface area (Å²) in [4.78, 5) is 2.45. The van der Waals surface area contributed by atoms with Gasteiger partial charge in [-0.15, -0.1) is 0 Å². The van der Waals surface area contributed by atoms with Crippen LogP contribution in [-0.4, -0.2) is 29.2 Å². The summed E-state index contributed by atoms with van der Waals surface area (Å²) in [6.07, 6.45) is 4.07. The Labute approximate surface area is 131 Å². The first kappa shape index (κ1) is 15.3. The monoisotopic (exact) mass is 303 g/mol. The SMILES string of the molecule is CC(C)c1cc(CNC2CCN(Cc3ccco3)CC2)no1. The Balaban J connectivity index is 1.40. The van der Waals surface area contributed by atoms with E-state index in [1.807, 2.05) is 12.1 Å². The van der Waals surface area contributed by atoms with Crippen LogP contribution in [0.5, 0.6) is 0 Å². The van der Waals surface area contributed by atoms with Crippen LogP contribution >= 0.6 is 0 Å². The lowest BCUT2D eigenvalue weighted by molar-refractivity contribution is 0.178. The van der Waals surface area contributed by atoms with Gasteiger partial charge in [0.15, 0.2) is 0 Å². The molecule has 1 N–H and O–H groups in total. The summed E-state index contributed by atoms with van der Waals surface area (Å²) in [6, 6.07) is 6.62. The summed E-state index contributed by atoms with van der Waals surface area (Å²) >= 11 is 0. The highest BCUT2D eigenvalue weighted by molar-refractivity contribution is 5.08. The van der Waals surface area contributed by atoms with Crippen molar-refractivity contribution in [3.8, 4) is 0 Å². The fourth-order valence-electron chi connectivity index (χ4n) is 2.85. The summed E-state index contributed by atoms with van der Waals surface area (Å²) in [7, 11) is 0. The summed E-state index contributed by atoms with van der Waals surface area (Å²) in [6.45, 7) is 8.15. The Morgan fingerprint density at radius 1 is 1.36 bits per heavy atom. The molecule has 0 saturated carbocycles. The fraction of sp³-hybridized carbons (Fsp3) is 0.588. The summed E-state index contributed by atoms with van der Waals surface area (Å²) in [5.41, 5.74) is 1.00. The van der Waals surface area contributed by atoms with Gasteiger partial charge in [-0.25, -0.2) is 0 Å². The van der Waals surface area contributed by atoms with Crippen LogP contribution in [0.4, 0.5) is 0 Å². The van der Waals surface area contributed by atoms with E-state index in [-0.39, 0.29) is 0 Å². The van der Waals surface area contributed by atoms with Gasteiger partial charge in [-0.05, 0) is 25.0 Å². The highest BCUT2D eigenvalue weighted by Gasteiger charge is 2.20. The van der Waals surface area contributed by atoms with E-state index in [2.05, 4.69) is 35.3 Å². The molecule has 3 rings (SSSR count). The van der Waals surface area contributed by atoms with Crippen LogP contribution < -0.4 is 5.32 Å². The van der Waals surface area contributed by atoms with Crippen LogP contribution in [0.3, 0.4) is 0 Å². The van der Waals surface area contributed by atoms with E-state index in [0.29, 0.717) is 12.0 Å². The lowest BCUT2D eigenvalue weighted by Gasteiger charge is -2.31. The van der Waals surface area contributed by atoms with E-state index in [0.717, 1.165) is 56.2 Å². The van der Waals surface area contributed by atoms with Crippen molar-refractivity contribution >= 4 is 0 Å². The van der Waals surface area contributed by atoms with E-state index in [1.165, 1.54) is 0 Å². The van der Waals surface area contributed by atoms with Crippen molar-refractivity contribution in [2.75, 3.05) is 13.1 Å². The van der Waals surface area contributed by atoms with E-state index >= 15 is 0 Å². The molecule has 22 heavy (non-hydrogen) atoms. The Morgan fingerprint density at radius 2 is 2.18 bits per heavy atom. The highest BCUT2D eigenvalue weighted by Crippen LogP contribution is 2.17. The number of aromatic nitrogens is 1. The molecule has 0 radical (unpaired) electrons. The average molecular weight is 303 g/mol. The molecule has 2 aromatic heterocycles. The molecule has 3 heterocycles. The third kappa shape index (κ3) is 3.99. The summed E-state index contributed by atoms with van der Waals surface area (Å²) in [5.74, 6) is 2.41. The first-order valence-electron chi connectivity index (χ1n) is 8.14. The maximum atomic E-state index is 5.41. The normalized spacial score (nSPS) is 17.4. The summed E-state index contributed by atoms with van der Waals surface area (Å²) in [5, 5.41) is 7.72. The zero-order valence-corrected chi connectivity index (χ0v) is 13.4. The Morgan fingerprint density at radius 3 is 2.82 bits per heavy atom. The van der Waals surface area contributed by atoms with E-state index < -0.39 is 0 Å². The standard InChI is InChI=1S/C17H25N3O2/c1-13(2)17-10-15(19-22-17)11-18-14-5-7-20(8-6-14)12-16-4-3-9-21-16/h3-4,9-10,13-14,18H,5-8,11-12H2,1-2H3. The molecule has 0 amide bonds. The van der Waals surface area contributed by atoms with Crippen molar-refractivity contribution in [3.05, 3.63) is 41.7 Å². The zero-order chi connectivity index (χ0) is 15.4. The van der Waals surface area contributed by atoms with Gasteiger partial charge in [-0.2, -0.15) is 0 Å². The number of furan rings is 1. The molecule has 0 spiro atoms. The molecular formula is C17H25N3O2. The molecule has 0 bridgehead atoms. The predicted molar refractivity (Wildman–Crippen MR) is 84.4 cm³/mol. The maximum absolute atomic E-state index is 5.41. The third-order valence-corrected chi connectivity index (χ3v) is 4.27. The molecule has 0 aliphatic carbocycles. The first-order chi connectivity index (χ1) is 10.7. The number of likely N-dealkylation sites (tertiary alicyclic amines) is 1. The Hall–Kier alpha value is -1.59. The molecule has 5 nitrogen and oxygen atoms in total. The van der Waals surface area contributed by atoms with Crippen molar-refractivity contribution in [1.82, 2.24) is 15.4 Å². The maximum Gasteiger partial charge on any atom is 0.139 e. The first-order valence-corrected chi connectivity index (χ1v) is 8.14. The molecule has 2 aromatic rings. The third-order valence-electron chi connectivity index (χ3n) is 4.27. The number of piperidine rings is 1. The average Bonchev–Trinajstić information content (AvgIpc) is 3.18. The van der Waals surface area contributed by atoms with E-state index in [9.17, 15) is 0 Å². The van der Waals surface area contributed by atoms with Crippen LogP contribution in [0.25, 0.3) is 0 Å². The molecule has 5 heteroatoms. The minimum Gasteiger partial charge on any atom is -0.468 e. The molecule has 120 valence electrons. The van der Waals surface area contributed by atoms with Crippen LogP contribution in [-0.2, 0) is 13.1 Å². The number of nitrogens with zero attached hydrogens (tertiary/aromatic N) is 2. The van der Waals surface area contributed by atoms with E-state index in [4.69, 9.17) is 8.94 Å². The largest absolute Gasteiger partial charge is 0.468 e. The van der Waals surface area contributed by atoms with Crippen LogP contribution in [0.15, 0.2) is 33.4 Å². The van der Waals surface area contributed by atoms with Crippen molar-refractivity contribution < 1.29 is 8.94 Å². The van der Waals surface area contributed by atoms with Gasteiger partial charge in [0.25, 0.3) is 0 Å². The summed E-state index contributed by atoms with van der Waals surface area (Å²) < 4.78 is 10.7. The quantitative estimate of drug-likeness (QED) is 0.888. The highest BCUT2D eigenvalue weighted by atomic mass is 16.5. The second-order valence-corrected chi connectivity index (χ2v) is 6.39. The minimum absolute atomic E-state index is 0.395. The Bertz CT molecular complexity index is 554. The Kier molecular flexibility index (Phi) is 4.95. The molecule has 1 aliphatic rings. The molecule has 0 unspecified atom stereocenters. The lowest BCUT2D eigenvalue weighted by atomic mass is 10.0. The molecule has 0 atom stereocenters. The van der Waals surface area contributed by atoms with Gasteiger partial charge in [0, 0.05) is 37.7 Å². The second kappa shape index (κ2) is 7.11. The number of hydrogen-bond acceptors (Lipinski definition) is 5. The molecule has 1 saturated heterocycles. The van der Waals surface area contributed by atoms with Crippen molar-refractivity contribution in [2.24, 2.45) is 0 Å². The smallest absolute Gasteiger partial charge is 0.139 e. The van der Waals surface area contributed by atoms with Gasteiger partial charge in [0.2, 0.25) is 0 Å². The van der Waals surface area contributed by atoms with Crippen LogP contribution in [0, 0.1) is 0 Å². The van der Waals surface area contributed by atoms with Gasteiger partial charge >= 0.3 is 0 Å². The molecular weight excluding hydrogens is 278 g/mol. The topological polar surface area (TPSA) is 54.4 Å². The van der Waals surface area contributed by atoms with Gasteiger partial charge in [0.1, 0.15) is 11.5 Å². The molecule has 0 aromatic carbocycles. The van der Waals surface area contributed by atoms with E-state index in [1.54, 1.807) is 6.26 Å². The van der Waals surface area contributed by atoms with Crippen molar-refractivity contribution in [1.29, 1.82) is 0 Å². The van der Waals surface area contributed by atoms with Gasteiger partial charge in [-0.1, -0.05) is 19.0 Å². The van der Waals surface area contributed by atoms with Gasteiger partial charge < -0.3 is 14.3 Å². The van der Waals surface area contributed by atoms with Gasteiger partial charge in [-0.3, -0.25) is 4.90 Å². The molecule has 1 aliphatic heterocycles.